The van der Waals surface area contributed by atoms with Crippen LogP contribution in [-0.2, 0) is 34.7 Å². The summed E-state index contributed by atoms with van der Waals surface area (Å²) in [5.41, 5.74) is 3.69. The van der Waals surface area contributed by atoms with Gasteiger partial charge in [0.15, 0.2) is 11.4 Å². The Labute approximate surface area is 321 Å². The number of benzene rings is 5. The lowest BCUT2D eigenvalue weighted by Crippen LogP contribution is -2.46. The van der Waals surface area contributed by atoms with Crippen LogP contribution in [0.25, 0.3) is 0 Å². The highest BCUT2D eigenvalue weighted by Gasteiger charge is 2.52. The number of ether oxygens (including phenoxy) is 1. The van der Waals surface area contributed by atoms with Crippen molar-refractivity contribution in [3.8, 4) is 11.5 Å². The van der Waals surface area contributed by atoms with Gasteiger partial charge in [0.1, 0.15) is 5.75 Å². The summed E-state index contributed by atoms with van der Waals surface area (Å²) in [5, 5.41) is 22.4. The molecule has 9 nitrogen and oxygen atoms in total. The highest BCUT2D eigenvalue weighted by atomic mass is 79.9. The van der Waals surface area contributed by atoms with Crippen LogP contribution < -0.4 is 14.5 Å². The van der Waals surface area contributed by atoms with E-state index in [0.29, 0.717) is 57.1 Å². The number of aliphatic hydroxyl groups is 2. The van der Waals surface area contributed by atoms with Crippen molar-refractivity contribution in [1.29, 1.82) is 0 Å². The highest BCUT2D eigenvalue weighted by molar-refractivity contribution is 9.10. The molecule has 0 fully saturated rings. The van der Waals surface area contributed by atoms with E-state index in [0.717, 1.165) is 16.7 Å². The molecule has 0 unspecified atom stereocenters. The number of anilines is 3. The molecule has 0 bridgehead atoms. The zero-order valence-corrected chi connectivity index (χ0v) is 31.1. The van der Waals surface area contributed by atoms with Crippen LogP contribution in [0.4, 0.5) is 17.1 Å². The van der Waals surface area contributed by atoms with Gasteiger partial charge in [-0.2, -0.15) is 0 Å². The first kappa shape index (κ1) is 35.5. The number of para-hydroxylation sites is 3. The molecular weight excluding hydrogens is 746 g/mol. The van der Waals surface area contributed by atoms with Gasteiger partial charge in [0.2, 0.25) is 5.91 Å². The number of amides is 3. The number of halogens is 1. The number of aliphatic hydroxyl groups excluding tert-OH is 1. The van der Waals surface area contributed by atoms with E-state index < -0.39 is 17.4 Å². The van der Waals surface area contributed by atoms with Crippen LogP contribution in [0.1, 0.15) is 46.0 Å². The zero-order valence-electron chi connectivity index (χ0n) is 29.6. The summed E-state index contributed by atoms with van der Waals surface area (Å²) in [6.07, 6.45) is 4.07. The van der Waals surface area contributed by atoms with E-state index in [-0.39, 0.29) is 37.4 Å². The fourth-order valence-corrected chi connectivity index (χ4v) is 8.15. The lowest BCUT2D eigenvalue weighted by molar-refractivity contribution is -0.139. The fourth-order valence-electron chi connectivity index (χ4n) is 7.79. The highest BCUT2D eigenvalue weighted by Crippen LogP contribution is 2.47. The molecule has 0 aromatic heterocycles. The van der Waals surface area contributed by atoms with Crippen molar-refractivity contribution in [3.63, 3.8) is 0 Å². The topological polar surface area (TPSA) is 111 Å². The normalized spacial score (nSPS) is 19.5. The predicted octanol–water partition coefficient (Wildman–Crippen LogP) is 7.80. The summed E-state index contributed by atoms with van der Waals surface area (Å²) in [6.45, 7) is 2.18. The van der Waals surface area contributed by atoms with E-state index in [9.17, 15) is 24.6 Å². The second kappa shape index (κ2) is 14.4. The third kappa shape index (κ3) is 6.20. The molecule has 5 aromatic carbocycles. The molecule has 3 amide bonds. The monoisotopic (exact) mass is 783 g/mol. The van der Waals surface area contributed by atoms with Gasteiger partial charge < -0.3 is 24.7 Å². The summed E-state index contributed by atoms with van der Waals surface area (Å²) < 4.78 is 6.89. The molecular formula is C44H38BrN3O6. The quantitative estimate of drug-likeness (QED) is 0.156. The molecule has 2 N–H and O–H groups in total. The molecule has 0 aliphatic carbocycles. The number of hydrogen-bond acceptors (Lipinski definition) is 6. The molecule has 3 aliphatic heterocycles. The molecule has 0 saturated carbocycles. The van der Waals surface area contributed by atoms with E-state index in [4.69, 9.17) is 4.74 Å². The Morgan fingerprint density at radius 2 is 1.65 bits per heavy atom. The Bertz CT molecular complexity index is 2330. The largest absolute Gasteiger partial charge is 0.454 e. The average molecular weight is 785 g/mol. The Morgan fingerprint density at radius 1 is 0.907 bits per heavy atom. The van der Waals surface area contributed by atoms with Gasteiger partial charge in [-0.25, -0.2) is 0 Å². The first-order chi connectivity index (χ1) is 26.2. The lowest BCUT2D eigenvalue weighted by atomic mass is 9.83. The maximum atomic E-state index is 14.4. The predicted molar refractivity (Wildman–Crippen MR) is 210 cm³/mol. The van der Waals surface area contributed by atoms with Gasteiger partial charge in [0.05, 0.1) is 36.1 Å². The van der Waals surface area contributed by atoms with Crippen molar-refractivity contribution in [1.82, 2.24) is 4.90 Å². The van der Waals surface area contributed by atoms with Crippen molar-refractivity contribution in [3.05, 3.63) is 160 Å². The zero-order chi connectivity index (χ0) is 37.6. The van der Waals surface area contributed by atoms with Crippen LogP contribution >= 0.6 is 15.9 Å². The molecule has 8 rings (SSSR count). The number of carbonyl (C=O) groups excluding carboxylic acids is 3. The molecule has 0 saturated heterocycles. The van der Waals surface area contributed by atoms with Crippen LogP contribution in [-0.4, -0.2) is 45.5 Å². The van der Waals surface area contributed by atoms with Crippen LogP contribution in [0.2, 0.25) is 0 Å². The van der Waals surface area contributed by atoms with Crippen LogP contribution in [0.3, 0.4) is 0 Å². The second-order valence-corrected chi connectivity index (χ2v) is 14.9. The first-order valence-electron chi connectivity index (χ1n) is 17.9. The molecule has 10 heteroatoms. The Balaban J connectivity index is 1.05. The Hall–Kier alpha value is -5.55. The Morgan fingerprint density at radius 3 is 2.46 bits per heavy atom. The van der Waals surface area contributed by atoms with Crippen molar-refractivity contribution >= 4 is 50.7 Å². The van der Waals surface area contributed by atoms with Gasteiger partial charge in [-0.3, -0.25) is 19.3 Å². The third-order valence-corrected chi connectivity index (χ3v) is 11.1. The van der Waals surface area contributed by atoms with Crippen molar-refractivity contribution in [2.75, 3.05) is 16.4 Å². The number of carbonyl (C=O) groups is 3. The van der Waals surface area contributed by atoms with E-state index in [1.54, 1.807) is 58.0 Å². The minimum absolute atomic E-state index is 0.0585. The van der Waals surface area contributed by atoms with Crippen molar-refractivity contribution in [2.24, 2.45) is 5.92 Å². The molecule has 5 aromatic rings. The van der Waals surface area contributed by atoms with Crippen molar-refractivity contribution < 1.29 is 29.3 Å². The number of hydrogen-bond donors (Lipinski definition) is 2. The molecule has 272 valence electrons. The van der Waals surface area contributed by atoms with E-state index in [1.807, 2.05) is 91.0 Å². The van der Waals surface area contributed by atoms with Gasteiger partial charge in [0, 0.05) is 34.6 Å². The summed E-state index contributed by atoms with van der Waals surface area (Å²) in [6, 6.07) is 35.0. The lowest BCUT2D eigenvalue weighted by Gasteiger charge is -2.36. The third-order valence-electron chi connectivity index (χ3n) is 10.6. The summed E-state index contributed by atoms with van der Waals surface area (Å²) in [7, 11) is 0. The number of rotatable bonds is 8. The van der Waals surface area contributed by atoms with Gasteiger partial charge in [-0.1, -0.05) is 95.7 Å². The smallest absolute Gasteiger partial charge is 0.266 e. The van der Waals surface area contributed by atoms with E-state index in [1.165, 1.54) is 0 Å². The maximum absolute atomic E-state index is 14.4. The molecule has 0 radical (unpaired) electrons. The van der Waals surface area contributed by atoms with Gasteiger partial charge >= 0.3 is 0 Å². The molecule has 3 aliphatic rings. The number of nitrogens with zero attached hydrogens (tertiary/aromatic N) is 3. The van der Waals surface area contributed by atoms with Gasteiger partial charge in [-0.15, -0.1) is 0 Å². The van der Waals surface area contributed by atoms with Gasteiger partial charge in [-0.05, 0) is 77.7 Å². The number of fused-ring (bicyclic) bond motifs is 4. The fraction of sp³-hybridized carbons (Fsp3) is 0.205. The molecule has 54 heavy (non-hydrogen) atoms. The van der Waals surface area contributed by atoms with Gasteiger partial charge in [0.25, 0.3) is 11.8 Å². The molecule has 3 atom stereocenters. The summed E-state index contributed by atoms with van der Waals surface area (Å²) >= 11 is 3.53. The first-order valence-corrected chi connectivity index (χ1v) is 18.7. The minimum Gasteiger partial charge on any atom is -0.454 e. The van der Waals surface area contributed by atoms with E-state index in [2.05, 4.69) is 15.9 Å². The van der Waals surface area contributed by atoms with Crippen LogP contribution in [0.5, 0.6) is 11.5 Å². The second-order valence-electron chi connectivity index (χ2n) is 13.9. The van der Waals surface area contributed by atoms with E-state index >= 15 is 0 Å². The summed E-state index contributed by atoms with van der Waals surface area (Å²) in [5.74, 6) is -0.552. The average Bonchev–Trinajstić information content (AvgIpc) is 3.31. The molecule has 3 heterocycles. The minimum atomic E-state index is -1.91. The standard InChI is InChI=1S/C44H38BrN3O6/c1-28(10-8-19-41(50)46-26-31-13-3-2-12-30(31)23-34(46)27-49)44(53)36-24-32(45)20-21-37(36)47(43(44)52)25-29-11-9-14-33(22-29)48-38-16-5-7-18-40(38)54-39-17-6-4-15-35(39)42(48)51/h2-18,20-22,24,28,34,49,53H,19,23,25-27H2,1H3/b10-8+/t28-,34-,44+/m0/s1. The molecule has 0 spiro atoms. The van der Waals surface area contributed by atoms with Crippen molar-refractivity contribution in [2.45, 2.75) is 44.5 Å². The van der Waals surface area contributed by atoms with Crippen LogP contribution in [0, 0.1) is 5.92 Å². The van der Waals surface area contributed by atoms with Crippen LogP contribution in [0.15, 0.2) is 132 Å². The maximum Gasteiger partial charge on any atom is 0.266 e. The SMILES string of the molecule is C[C@@H](/C=C/CC(=O)N1Cc2ccccc2C[C@H]1CO)[C@]1(O)C(=O)N(Cc2cccc(N3C(=O)c4ccccc4Oc4ccccc43)c2)c2ccc(Br)cc21. The Kier molecular flexibility index (Phi) is 9.43. The summed E-state index contributed by atoms with van der Waals surface area (Å²) in [4.78, 5) is 46.8.